The fourth-order valence-corrected chi connectivity index (χ4v) is 11.8. The molecule has 11 heterocycles. The van der Waals surface area contributed by atoms with Crippen LogP contribution in [0.25, 0.3) is 44.0 Å². The molecule has 452 valence electrons. The Kier molecular flexibility index (Phi) is 17.4. The second-order valence-electron chi connectivity index (χ2n) is 22.9. The Morgan fingerprint density at radius 2 is 1.08 bits per heavy atom. The zero-order valence-electron chi connectivity index (χ0n) is 48.8. The van der Waals surface area contributed by atoms with Gasteiger partial charge < -0.3 is 58.5 Å². The molecule has 13 rings (SSSR count). The number of likely N-dealkylation sites (N-methyl/N-ethyl adjacent to an activating group) is 2. The molecule has 8 aromatic heterocycles. The Morgan fingerprint density at radius 3 is 1.61 bits per heavy atom. The summed E-state index contributed by atoms with van der Waals surface area (Å²) in [5.41, 5.74) is 4.30. The molecule has 0 unspecified atom stereocenters. The molecule has 85 heavy (non-hydrogen) atoms. The quantitative estimate of drug-likeness (QED) is 0.116. The number of aromatic nitrogens is 11. The maximum atomic E-state index is 13.6. The van der Waals surface area contributed by atoms with E-state index in [9.17, 15) is 14.4 Å². The average Bonchev–Trinajstić information content (AvgIpc) is 1.86. The molecule has 8 aromatic rings. The van der Waals surface area contributed by atoms with E-state index in [0.717, 1.165) is 122 Å². The van der Waals surface area contributed by atoms with Crippen molar-refractivity contribution >= 4 is 79.3 Å². The molecule has 2 saturated carbocycles. The number of anilines is 4. The van der Waals surface area contributed by atoms with Crippen LogP contribution in [0, 0.1) is 0 Å². The highest BCUT2D eigenvalue weighted by Gasteiger charge is 2.30. The van der Waals surface area contributed by atoms with Crippen molar-refractivity contribution in [3.8, 4) is 11.8 Å². The fourth-order valence-electron chi connectivity index (χ4n) is 11.8. The van der Waals surface area contributed by atoms with Gasteiger partial charge in [-0.3, -0.25) is 28.7 Å². The fraction of sp³-hybridized carbons (Fsp3) is 0.517. The summed E-state index contributed by atoms with van der Waals surface area (Å²) in [5, 5.41) is 8.87. The zero-order chi connectivity index (χ0) is 58.4. The predicted molar refractivity (Wildman–Crippen MR) is 326 cm³/mol. The smallest absolute Gasteiger partial charge is 0.331 e. The van der Waals surface area contributed by atoms with Gasteiger partial charge in [0.1, 0.15) is 42.4 Å². The van der Waals surface area contributed by atoms with Gasteiger partial charge in [0.15, 0.2) is 5.65 Å². The molecule has 0 spiro atoms. The van der Waals surface area contributed by atoms with Crippen molar-refractivity contribution in [3.63, 3.8) is 0 Å². The summed E-state index contributed by atoms with van der Waals surface area (Å²) in [4.78, 5) is 83.5. The second-order valence-corrected chi connectivity index (χ2v) is 22.9. The summed E-state index contributed by atoms with van der Waals surface area (Å²) < 4.78 is 34.7. The Balaban J connectivity index is 0.000000191. The second kappa shape index (κ2) is 25.9. The minimum atomic E-state index is -0.241. The summed E-state index contributed by atoms with van der Waals surface area (Å²) in [7, 11) is 6.87. The van der Waals surface area contributed by atoms with Crippen LogP contribution in [-0.4, -0.2) is 193 Å². The molecule has 5 aliphatic rings. The van der Waals surface area contributed by atoms with E-state index in [1.54, 1.807) is 56.2 Å². The number of nitrogens with one attached hydrogen (secondary N) is 2. The summed E-state index contributed by atoms with van der Waals surface area (Å²) in [6.07, 6.45) is 17.6. The molecule has 0 aromatic carbocycles. The van der Waals surface area contributed by atoms with E-state index in [0.29, 0.717) is 87.3 Å². The monoisotopic (exact) mass is 1170 g/mol. The first-order valence-corrected chi connectivity index (χ1v) is 29.8. The normalized spacial score (nSPS) is 20.5. The molecule has 2 amide bonds. The number of nitrogens with zero attached hydrogens (tertiary/aromatic N) is 15. The van der Waals surface area contributed by atoms with Crippen molar-refractivity contribution in [2.45, 2.75) is 108 Å². The number of hydrogen-bond donors (Lipinski definition) is 2. The Hall–Kier alpha value is -8.29. The van der Waals surface area contributed by atoms with Gasteiger partial charge >= 0.3 is 5.69 Å². The topological polar surface area (TPSA) is 252 Å². The summed E-state index contributed by atoms with van der Waals surface area (Å²) >= 11 is 0. The molecule has 2 N–H and O–H groups in total. The number of carbonyl (C=O) groups is 2. The number of pyridine rings is 4. The van der Waals surface area contributed by atoms with Crippen LogP contribution in [-0.2, 0) is 36.9 Å². The lowest BCUT2D eigenvalue weighted by molar-refractivity contribution is -0.130. The summed E-state index contributed by atoms with van der Waals surface area (Å²) in [6, 6.07) is 14.3. The lowest BCUT2D eigenvalue weighted by Gasteiger charge is -2.31. The Bertz CT molecular complexity index is 3700. The summed E-state index contributed by atoms with van der Waals surface area (Å²) in [6.45, 7) is 7.36. The molecular formula is C60H79N17O8. The van der Waals surface area contributed by atoms with E-state index >= 15 is 0 Å². The molecule has 3 aliphatic heterocycles. The number of amides is 2. The predicted octanol–water partition coefficient (Wildman–Crippen LogP) is 6.21. The Labute approximate surface area is 495 Å². The minimum absolute atomic E-state index is 0. The van der Waals surface area contributed by atoms with Crippen molar-refractivity contribution in [3.05, 3.63) is 83.9 Å². The molecule has 25 heteroatoms. The van der Waals surface area contributed by atoms with E-state index in [2.05, 4.69) is 45.4 Å². The van der Waals surface area contributed by atoms with Crippen LogP contribution in [0.5, 0.6) is 11.8 Å². The van der Waals surface area contributed by atoms with Crippen LogP contribution in [0.2, 0.25) is 0 Å². The molecule has 0 bridgehead atoms. The van der Waals surface area contributed by atoms with Crippen LogP contribution >= 0.6 is 0 Å². The highest BCUT2D eigenvalue weighted by Crippen LogP contribution is 2.34. The standard InChI is InChI=1S/C32H41N9O5.C28H34N8O3.2H2/c1-38(2)28(42)20-40-26-19-34-31(37-29(26)41(32(40)43)22-9-14-44-15-10-22)35-21-5-7-23(8-6-21)46-30-24-4-3-11-33-25(24)18-27(36-30)39-12-16-45-17-13-39;1-34(2)26(37)18-36-11-9-22-24(36)17-30-28(32-22)31-19-5-7-20(8-6-19)39-27-21-4-3-10-29-23(21)16-25(33-27)35-12-14-38-15-13-35;;/h3-4,11,18-19,21-23H,5-10,12-17,20H2,1-2H3,(H,34,35,37);3-4,9-11,16-17,19-20H,5-8,12-15,18H2,1-2H3,(H,30,31,32);2*1H. The van der Waals surface area contributed by atoms with Crippen molar-refractivity contribution in [2.75, 3.05) is 114 Å². The first-order chi connectivity index (χ1) is 41.5. The lowest BCUT2D eigenvalue weighted by atomic mass is 9.93. The van der Waals surface area contributed by atoms with Crippen molar-refractivity contribution in [1.82, 2.24) is 63.4 Å². The van der Waals surface area contributed by atoms with Crippen LogP contribution in [0.3, 0.4) is 0 Å². The van der Waals surface area contributed by atoms with Gasteiger partial charge in [0, 0.05) is 119 Å². The minimum Gasteiger partial charge on any atom is -0.474 e. The van der Waals surface area contributed by atoms with Crippen LogP contribution in [0.1, 0.15) is 73.1 Å². The average molecular weight is 1170 g/mol. The van der Waals surface area contributed by atoms with E-state index < -0.39 is 0 Å². The van der Waals surface area contributed by atoms with Crippen LogP contribution in [0.15, 0.2) is 78.2 Å². The third-order valence-corrected chi connectivity index (χ3v) is 16.7. The SMILES string of the molecule is CN(C)C(=O)Cn1c(=O)n(C2CCOCC2)c2nc(NC3CCC(Oc4nc(N5CCOCC5)cc5ncccc45)CC3)ncc21.CN(C)C(=O)Cn1ccc2nc(NC3CCC(Oc4nc(N5CCOCC5)cc5ncccc45)CC3)ncc21.[HH].[HH]. The van der Waals surface area contributed by atoms with Gasteiger partial charge in [-0.15, -0.1) is 0 Å². The Morgan fingerprint density at radius 1 is 0.588 bits per heavy atom. The first kappa shape index (κ1) is 57.2. The number of fused-ring (bicyclic) bond motifs is 4. The molecule has 25 nitrogen and oxygen atoms in total. The molecule has 2 aliphatic carbocycles. The van der Waals surface area contributed by atoms with Gasteiger partial charge in [0.2, 0.25) is 35.5 Å². The van der Waals surface area contributed by atoms with Gasteiger partial charge in [0.25, 0.3) is 0 Å². The van der Waals surface area contributed by atoms with Gasteiger partial charge in [-0.1, -0.05) is 0 Å². The molecular weight excluding hydrogens is 1090 g/mol. The summed E-state index contributed by atoms with van der Waals surface area (Å²) in [5.74, 6) is 3.99. The number of rotatable bonds is 15. The molecule has 5 fully saturated rings. The number of imidazole rings is 1. The van der Waals surface area contributed by atoms with Crippen molar-refractivity contribution in [2.24, 2.45) is 0 Å². The van der Waals surface area contributed by atoms with Crippen LogP contribution in [0.4, 0.5) is 23.5 Å². The first-order valence-electron chi connectivity index (χ1n) is 29.8. The van der Waals surface area contributed by atoms with Gasteiger partial charge in [0.05, 0.1) is 71.7 Å². The number of morpholine rings is 2. The van der Waals surface area contributed by atoms with Gasteiger partial charge in [-0.25, -0.2) is 19.7 Å². The largest absolute Gasteiger partial charge is 0.474 e. The zero-order valence-corrected chi connectivity index (χ0v) is 48.8. The molecule has 0 atom stereocenters. The maximum Gasteiger partial charge on any atom is 0.331 e. The van der Waals surface area contributed by atoms with E-state index in [-0.39, 0.29) is 63.8 Å². The third-order valence-electron chi connectivity index (χ3n) is 16.7. The van der Waals surface area contributed by atoms with Gasteiger partial charge in [-0.05, 0) is 94.5 Å². The van der Waals surface area contributed by atoms with E-state index in [4.69, 9.17) is 38.6 Å². The number of hydrogen-bond acceptors (Lipinski definition) is 20. The van der Waals surface area contributed by atoms with Crippen LogP contribution < -0.4 is 35.6 Å². The highest BCUT2D eigenvalue weighted by molar-refractivity contribution is 5.87. The van der Waals surface area contributed by atoms with E-state index in [1.165, 1.54) is 9.47 Å². The maximum absolute atomic E-state index is 13.6. The van der Waals surface area contributed by atoms with E-state index in [1.807, 2.05) is 59.4 Å². The number of ether oxygens (including phenoxy) is 5. The molecule has 3 saturated heterocycles. The van der Waals surface area contributed by atoms with Crippen molar-refractivity contribution < 1.29 is 36.1 Å². The highest BCUT2D eigenvalue weighted by atomic mass is 16.5. The van der Waals surface area contributed by atoms with Crippen molar-refractivity contribution in [1.29, 1.82) is 0 Å². The number of carbonyl (C=O) groups excluding carboxylic acids is 2. The lowest BCUT2D eigenvalue weighted by Crippen LogP contribution is -2.37. The third kappa shape index (κ3) is 13.2. The van der Waals surface area contributed by atoms with Gasteiger partial charge in [-0.2, -0.15) is 15.0 Å². The molecule has 0 radical (unpaired) electrons.